The van der Waals surface area contributed by atoms with Crippen molar-refractivity contribution >= 4 is 23.4 Å². The standard InChI is InChI=1S/C10H8F2N4OS/c11-10(12)18-8-4-2-1-3-6(8)14-9(17)7-5-13-16-15-7/h1-5,10H,(H,14,17)(H,13,15,16). The number of aromatic nitrogens is 3. The van der Waals surface area contributed by atoms with Gasteiger partial charge in [0.25, 0.3) is 11.7 Å². The Morgan fingerprint density at radius 3 is 2.83 bits per heavy atom. The lowest BCUT2D eigenvalue weighted by molar-refractivity contribution is 0.102. The predicted molar refractivity (Wildman–Crippen MR) is 62.6 cm³/mol. The zero-order valence-electron chi connectivity index (χ0n) is 8.93. The van der Waals surface area contributed by atoms with Crippen LogP contribution in [0.25, 0.3) is 0 Å². The van der Waals surface area contributed by atoms with Crippen LogP contribution in [0.1, 0.15) is 10.5 Å². The number of nitrogens with one attached hydrogen (secondary N) is 2. The summed E-state index contributed by atoms with van der Waals surface area (Å²) >= 11 is 0.372. The number of thioether (sulfide) groups is 1. The number of halogens is 2. The molecule has 0 atom stereocenters. The number of rotatable bonds is 4. The van der Waals surface area contributed by atoms with Crippen LogP contribution in [0.3, 0.4) is 0 Å². The van der Waals surface area contributed by atoms with Crippen molar-refractivity contribution in [1.82, 2.24) is 15.4 Å². The summed E-state index contributed by atoms with van der Waals surface area (Å²) in [5.41, 5.74) is 0.405. The van der Waals surface area contributed by atoms with Gasteiger partial charge in [-0.3, -0.25) is 4.79 Å². The molecular weight excluding hydrogens is 262 g/mol. The molecule has 0 unspecified atom stereocenters. The van der Waals surface area contributed by atoms with Gasteiger partial charge in [0.2, 0.25) is 0 Å². The number of aromatic amines is 1. The summed E-state index contributed by atoms with van der Waals surface area (Å²) in [6, 6.07) is 6.32. The molecule has 0 aliphatic rings. The second kappa shape index (κ2) is 5.58. The van der Waals surface area contributed by atoms with Crippen LogP contribution >= 0.6 is 11.8 Å². The Bertz CT molecular complexity index is 532. The number of H-pyrrole nitrogens is 1. The van der Waals surface area contributed by atoms with Gasteiger partial charge in [-0.05, 0) is 12.1 Å². The van der Waals surface area contributed by atoms with Crippen molar-refractivity contribution < 1.29 is 13.6 Å². The van der Waals surface area contributed by atoms with E-state index in [4.69, 9.17) is 0 Å². The number of alkyl halides is 2. The number of para-hydroxylation sites is 1. The molecule has 1 aromatic heterocycles. The minimum absolute atomic E-state index is 0.0897. The Balaban J connectivity index is 2.16. The molecule has 0 saturated carbocycles. The SMILES string of the molecule is O=C(Nc1ccccc1SC(F)F)c1cn[nH]n1. The number of hydrogen-bond acceptors (Lipinski definition) is 4. The number of benzene rings is 1. The van der Waals surface area contributed by atoms with Crippen LogP contribution in [-0.4, -0.2) is 27.1 Å². The summed E-state index contributed by atoms with van der Waals surface area (Å²) in [7, 11) is 0. The van der Waals surface area contributed by atoms with Crippen molar-refractivity contribution in [3.8, 4) is 0 Å². The molecule has 2 N–H and O–H groups in total. The highest BCUT2D eigenvalue weighted by molar-refractivity contribution is 7.99. The highest BCUT2D eigenvalue weighted by Gasteiger charge is 2.13. The lowest BCUT2D eigenvalue weighted by atomic mass is 10.3. The van der Waals surface area contributed by atoms with E-state index < -0.39 is 11.7 Å². The molecule has 0 bridgehead atoms. The Morgan fingerprint density at radius 2 is 2.17 bits per heavy atom. The van der Waals surface area contributed by atoms with E-state index >= 15 is 0 Å². The average Bonchev–Trinajstić information content (AvgIpc) is 2.84. The maximum Gasteiger partial charge on any atom is 0.288 e. The largest absolute Gasteiger partial charge is 0.319 e. The number of amides is 1. The van der Waals surface area contributed by atoms with Crippen molar-refractivity contribution in [3.63, 3.8) is 0 Å². The minimum Gasteiger partial charge on any atom is -0.319 e. The summed E-state index contributed by atoms with van der Waals surface area (Å²) in [6.45, 7) is 0. The molecular formula is C10H8F2N4OS. The first kappa shape index (κ1) is 12.5. The molecule has 1 amide bonds. The number of carbonyl (C=O) groups is 1. The Labute approximate surface area is 105 Å². The molecule has 0 aliphatic carbocycles. The number of anilines is 1. The monoisotopic (exact) mass is 270 g/mol. The second-order valence-electron chi connectivity index (χ2n) is 3.18. The maximum atomic E-state index is 12.3. The average molecular weight is 270 g/mol. The third kappa shape index (κ3) is 3.04. The first-order valence-corrected chi connectivity index (χ1v) is 5.76. The van der Waals surface area contributed by atoms with E-state index in [0.717, 1.165) is 0 Å². The quantitative estimate of drug-likeness (QED) is 0.837. The fraction of sp³-hybridized carbons (Fsp3) is 0.100. The smallest absolute Gasteiger partial charge is 0.288 e. The fourth-order valence-electron chi connectivity index (χ4n) is 1.27. The molecule has 94 valence electrons. The van der Waals surface area contributed by atoms with Gasteiger partial charge in [0.1, 0.15) is 0 Å². The number of carbonyl (C=O) groups excluding carboxylic acids is 1. The maximum absolute atomic E-state index is 12.3. The molecule has 1 heterocycles. The fourth-order valence-corrected chi connectivity index (χ4v) is 1.86. The molecule has 0 radical (unpaired) electrons. The molecule has 0 aliphatic heterocycles. The van der Waals surface area contributed by atoms with E-state index in [1.165, 1.54) is 12.3 Å². The van der Waals surface area contributed by atoms with E-state index in [2.05, 4.69) is 20.7 Å². The van der Waals surface area contributed by atoms with E-state index in [1.54, 1.807) is 18.2 Å². The molecule has 5 nitrogen and oxygen atoms in total. The minimum atomic E-state index is -2.55. The zero-order chi connectivity index (χ0) is 13.0. The predicted octanol–water partition coefficient (Wildman–Crippen LogP) is 2.37. The van der Waals surface area contributed by atoms with E-state index in [9.17, 15) is 13.6 Å². The Morgan fingerprint density at radius 1 is 1.39 bits per heavy atom. The number of nitrogens with zero attached hydrogens (tertiary/aromatic N) is 2. The van der Waals surface area contributed by atoms with Crippen molar-refractivity contribution in [2.75, 3.05) is 5.32 Å². The van der Waals surface area contributed by atoms with Gasteiger partial charge < -0.3 is 5.32 Å². The molecule has 0 spiro atoms. The van der Waals surface area contributed by atoms with Crippen molar-refractivity contribution in [2.24, 2.45) is 0 Å². The Kier molecular flexibility index (Phi) is 3.88. The van der Waals surface area contributed by atoms with E-state index in [1.807, 2.05) is 0 Å². The topological polar surface area (TPSA) is 70.7 Å². The summed E-state index contributed by atoms with van der Waals surface area (Å²) in [4.78, 5) is 12.0. The van der Waals surface area contributed by atoms with Gasteiger partial charge in [-0.25, -0.2) is 0 Å². The van der Waals surface area contributed by atoms with Gasteiger partial charge >= 0.3 is 0 Å². The van der Waals surface area contributed by atoms with Crippen LogP contribution in [0.2, 0.25) is 0 Å². The van der Waals surface area contributed by atoms with Gasteiger partial charge in [0.15, 0.2) is 5.69 Å². The van der Waals surface area contributed by atoms with Crippen molar-refractivity contribution in [3.05, 3.63) is 36.2 Å². The first-order valence-electron chi connectivity index (χ1n) is 4.88. The molecule has 1 aromatic carbocycles. The van der Waals surface area contributed by atoms with Crippen molar-refractivity contribution in [2.45, 2.75) is 10.7 Å². The van der Waals surface area contributed by atoms with Crippen LogP contribution in [0.4, 0.5) is 14.5 Å². The first-order chi connectivity index (χ1) is 8.66. The van der Waals surface area contributed by atoms with Gasteiger partial charge in [-0.2, -0.15) is 24.2 Å². The summed E-state index contributed by atoms with van der Waals surface area (Å²) in [5, 5.41) is 11.9. The van der Waals surface area contributed by atoms with E-state index in [0.29, 0.717) is 22.3 Å². The summed E-state index contributed by atoms with van der Waals surface area (Å²) in [6.07, 6.45) is 1.25. The van der Waals surface area contributed by atoms with Crippen LogP contribution in [0.5, 0.6) is 0 Å². The van der Waals surface area contributed by atoms with Gasteiger partial charge in [-0.15, -0.1) is 0 Å². The summed E-state index contributed by atoms with van der Waals surface area (Å²) in [5.74, 6) is -3.05. The van der Waals surface area contributed by atoms with Gasteiger partial charge in [-0.1, -0.05) is 23.9 Å². The van der Waals surface area contributed by atoms with E-state index in [-0.39, 0.29) is 5.69 Å². The molecule has 8 heteroatoms. The lowest BCUT2D eigenvalue weighted by Crippen LogP contribution is -2.13. The van der Waals surface area contributed by atoms with Crippen LogP contribution < -0.4 is 5.32 Å². The highest BCUT2D eigenvalue weighted by atomic mass is 32.2. The Hall–Kier alpha value is -1.96. The summed E-state index contributed by atoms with van der Waals surface area (Å²) < 4.78 is 24.7. The highest BCUT2D eigenvalue weighted by Crippen LogP contribution is 2.31. The normalized spacial score (nSPS) is 10.6. The van der Waals surface area contributed by atoms with Gasteiger partial charge in [0.05, 0.1) is 11.9 Å². The molecule has 18 heavy (non-hydrogen) atoms. The van der Waals surface area contributed by atoms with Crippen LogP contribution in [0, 0.1) is 0 Å². The molecule has 0 saturated heterocycles. The molecule has 2 aromatic rings. The lowest BCUT2D eigenvalue weighted by Gasteiger charge is -2.08. The second-order valence-corrected chi connectivity index (χ2v) is 4.22. The molecule has 2 rings (SSSR count). The van der Waals surface area contributed by atoms with Crippen LogP contribution in [-0.2, 0) is 0 Å². The third-order valence-corrected chi connectivity index (χ3v) is 2.79. The van der Waals surface area contributed by atoms with Crippen molar-refractivity contribution in [1.29, 1.82) is 0 Å². The number of hydrogen-bond donors (Lipinski definition) is 2. The van der Waals surface area contributed by atoms with Crippen LogP contribution in [0.15, 0.2) is 35.4 Å². The third-order valence-electron chi connectivity index (χ3n) is 2.00. The zero-order valence-corrected chi connectivity index (χ0v) is 9.75. The molecule has 0 fully saturated rings. The van der Waals surface area contributed by atoms with Gasteiger partial charge in [0, 0.05) is 4.90 Å².